The number of rotatable bonds is 1. The fourth-order valence-corrected chi connectivity index (χ4v) is 1.48. The molecule has 68 valence electrons. The van der Waals surface area contributed by atoms with E-state index in [1.54, 1.807) is 5.01 Å². The van der Waals surface area contributed by atoms with Gasteiger partial charge in [0.1, 0.15) is 12.3 Å². The normalized spacial score (nSPS) is 20.4. The lowest BCUT2D eigenvalue weighted by Gasteiger charge is -2.31. The number of nitrogens with zero attached hydrogens (tertiary/aromatic N) is 1. The van der Waals surface area contributed by atoms with E-state index < -0.39 is 0 Å². The van der Waals surface area contributed by atoms with Crippen LogP contribution < -0.4 is 16.2 Å². The van der Waals surface area contributed by atoms with Crippen LogP contribution in [0.25, 0.3) is 0 Å². The summed E-state index contributed by atoms with van der Waals surface area (Å²) in [5.41, 5.74) is 1.84. The largest absolute Gasteiger partial charge is 0.372 e. The average Bonchev–Trinajstić information content (AvgIpc) is 2.18. The molecule has 0 bridgehead atoms. The quantitative estimate of drug-likeness (QED) is 0.480. The molecule has 1 heterocycles. The molecule has 0 aromatic heterocycles. The summed E-state index contributed by atoms with van der Waals surface area (Å²) >= 11 is 0. The van der Waals surface area contributed by atoms with Crippen LogP contribution in [0.1, 0.15) is 0 Å². The van der Waals surface area contributed by atoms with E-state index in [0.29, 0.717) is 6.54 Å². The third-order valence-electron chi connectivity index (χ3n) is 2.11. The molecule has 1 atom stereocenters. The zero-order chi connectivity index (χ0) is 9.26. The zero-order valence-electron chi connectivity index (χ0n) is 7.10. The second-order valence-corrected chi connectivity index (χ2v) is 3.06. The van der Waals surface area contributed by atoms with Gasteiger partial charge in [-0.2, -0.15) is 0 Å². The molecule has 1 aliphatic heterocycles. The summed E-state index contributed by atoms with van der Waals surface area (Å²) in [4.78, 5) is 10.6. The van der Waals surface area contributed by atoms with Crippen LogP contribution in [0, 0.1) is 0 Å². The number of anilines is 2. The van der Waals surface area contributed by atoms with Gasteiger partial charge in [0.05, 0.1) is 17.9 Å². The maximum Gasteiger partial charge on any atom is 0.144 e. The van der Waals surface area contributed by atoms with E-state index in [2.05, 4.69) is 5.32 Å². The Kier molecular flexibility index (Phi) is 1.90. The highest BCUT2D eigenvalue weighted by Crippen LogP contribution is 2.27. The molecule has 0 spiro atoms. The molecule has 4 nitrogen and oxygen atoms in total. The van der Waals surface area contributed by atoms with Crippen molar-refractivity contribution in [3.8, 4) is 0 Å². The van der Waals surface area contributed by atoms with E-state index in [1.165, 1.54) is 0 Å². The van der Waals surface area contributed by atoms with Gasteiger partial charge in [-0.3, -0.25) is 0 Å². The maximum absolute atomic E-state index is 10.6. The van der Waals surface area contributed by atoms with Crippen molar-refractivity contribution in [2.45, 2.75) is 6.04 Å². The predicted molar refractivity (Wildman–Crippen MR) is 51.5 cm³/mol. The second-order valence-electron chi connectivity index (χ2n) is 3.06. The van der Waals surface area contributed by atoms with Gasteiger partial charge in [-0.25, -0.2) is 5.84 Å². The van der Waals surface area contributed by atoms with Crippen LogP contribution in [-0.2, 0) is 4.79 Å². The van der Waals surface area contributed by atoms with Gasteiger partial charge in [-0.1, -0.05) is 12.1 Å². The van der Waals surface area contributed by atoms with Crippen molar-refractivity contribution in [1.82, 2.24) is 0 Å². The number of para-hydroxylation sites is 2. The van der Waals surface area contributed by atoms with Gasteiger partial charge in [0.15, 0.2) is 0 Å². The lowest BCUT2D eigenvalue weighted by molar-refractivity contribution is -0.108. The first-order valence-electron chi connectivity index (χ1n) is 4.14. The Labute approximate surface area is 76.3 Å². The Bertz CT molecular complexity index is 326. The van der Waals surface area contributed by atoms with Crippen molar-refractivity contribution >= 4 is 17.7 Å². The van der Waals surface area contributed by atoms with Gasteiger partial charge in [-0.15, -0.1) is 0 Å². The van der Waals surface area contributed by atoms with Crippen LogP contribution >= 0.6 is 0 Å². The van der Waals surface area contributed by atoms with E-state index in [1.807, 2.05) is 24.3 Å². The van der Waals surface area contributed by atoms with Gasteiger partial charge in [0, 0.05) is 0 Å². The fraction of sp³-hybridized carbons (Fsp3) is 0.222. The van der Waals surface area contributed by atoms with Gasteiger partial charge < -0.3 is 15.1 Å². The van der Waals surface area contributed by atoms with Crippen LogP contribution in [0.5, 0.6) is 0 Å². The summed E-state index contributed by atoms with van der Waals surface area (Å²) in [5.74, 6) is 5.75. The van der Waals surface area contributed by atoms with E-state index in [4.69, 9.17) is 5.84 Å². The number of hydrogen-bond donors (Lipinski definition) is 2. The Hall–Kier alpha value is -1.55. The highest BCUT2D eigenvalue weighted by atomic mass is 16.1. The summed E-state index contributed by atoms with van der Waals surface area (Å²) in [5, 5.41) is 4.68. The lowest BCUT2D eigenvalue weighted by atomic mass is 10.1. The standard InChI is InChI=1S/C9H11N3O/c10-12-5-7(6-13)11-8-3-1-2-4-9(8)12/h1-4,6-7,11H,5,10H2. The first-order valence-corrected chi connectivity index (χ1v) is 4.14. The molecule has 1 unspecified atom stereocenters. The molecule has 2 rings (SSSR count). The second kappa shape index (κ2) is 3.06. The molecule has 1 aromatic carbocycles. The molecule has 0 fully saturated rings. The molecule has 1 aliphatic rings. The Morgan fingerprint density at radius 3 is 3.08 bits per heavy atom. The Balaban J connectivity index is 2.36. The van der Waals surface area contributed by atoms with Crippen LogP contribution in [0.4, 0.5) is 11.4 Å². The number of hydrazine groups is 1. The molecule has 0 amide bonds. The number of carbonyl (C=O) groups excluding carboxylic acids is 1. The molecule has 13 heavy (non-hydrogen) atoms. The minimum atomic E-state index is -0.208. The number of carbonyl (C=O) groups is 1. The monoisotopic (exact) mass is 177 g/mol. The van der Waals surface area contributed by atoms with Gasteiger partial charge in [-0.05, 0) is 12.1 Å². The molecule has 0 aliphatic carbocycles. The summed E-state index contributed by atoms with van der Waals surface area (Å²) in [6.07, 6.45) is 0.871. The van der Waals surface area contributed by atoms with Crippen LogP contribution in [0.3, 0.4) is 0 Å². The number of aldehydes is 1. The van der Waals surface area contributed by atoms with Crippen molar-refractivity contribution in [2.75, 3.05) is 16.9 Å². The fourth-order valence-electron chi connectivity index (χ4n) is 1.48. The minimum absolute atomic E-state index is 0.208. The third kappa shape index (κ3) is 1.36. The zero-order valence-corrected chi connectivity index (χ0v) is 7.10. The van der Waals surface area contributed by atoms with Gasteiger partial charge >= 0.3 is 0 Å². The third-order valence-corrected chi connectivity index (χ3v) is 2.11. The van der Waals surface area contributed by atoms with E-state index in [0.717, 1.165) is 17.7 Å². The van der Waals surface area contributed by atoms with Crippen molar-refractivity contribution in [2.24, 2.45) is 5.84 Å². The lowest BCUT2D eigenvalue weighted by Crippen LogP contribution is -2.46. The average molecular weight is 177 g/mol. The number of nitrogens with two attached hydrogens (primary N) is 1. The molecule has 1 aromatic rings. The SMILES string of the molecule is NN1CC(C=O)Nc2ccccc21. The van der Waals surface area contributed by atoms with Crippen molar-refractivity contribution in [1.29, 1.82) is 0 Å². The predicted octanol–water partition coefficient (Wildman–Crippen LogP) is 0.360. The first kappa shape index (κ1) is 8.07. The van der Waals surface area contributed by atoms with Gasteiger partial charge in [0.2, 0.25) is 0 Å². The molecule has 0 radical (unpaired) electrons. The maximum atomic E-state index is 10.6. The number of benzene rings is 1. The van der Waals surface area contributed by atoms with E-state index in [-0.39, 0.29) is 6.04 Å². The molecule has 3 N–H and O–H groups in total. The summed E-state index contributed by atoms with van der Waals surface area (Å²) in [6, 6.07) is 7.45. The van der Waals surface area contributed by atoms with Crippen molar-refractivity contribution < 1.29 is 4.79 Å². The van der Waals surface area contributed by atoms with E-state index >= 15 is 0 Å². The first-order chi connectivity index (χ1) is 6.31. The van der Waals surface area contributed by atoms with Crippen molar-refractivity contribution in [3.05, 3.63) is 24.3 Å². The number of fused-ring (bicyclic) bond motifs is 1. The molecule has 0 saturated carbocycles. The number of hydrogen-bond acceptors (Lipinski definition) is 4. The Morgan fingerprint density at radius 1 is 1.54 bits per heavy atom. The van der Waals surface area contributed by atoms with Crippen LogP contribution in [-0.4, -0.2) is 18.9 Å². The highest BCUT2D eigenvalue weighted by Gasteiger charge is 2.20. The smallest absolute Gasteiger partial charge is 0.144 e. The molecule has 4 heteroatoms. The van der Waals surface area contributed by atoms with Crippen LogP contribution in [0.2, 0.25) is 0 Å². The molecular weight excluding hydrogens is 166 g/mol. The molecule has 0 saturated heterocycles. The summed E-state index contributed by atoms with van der Waals surface area (Å²) in [7, 11) is 0. The summed E-state index contributed by atoms with van der Waals surface area (Å²) < 4.78 is 0. The van der Waals surface area contributed by atoms with Gasteiger partial charge in [0.25, 0.3) is 0 Å². The van der Waals surface area contributed by atoms with E-state index in [9.17, 15) is 4.79 Å². The summed E-state index contributed by atoms with van der Waals surface area (Å²) in [6.45, 7) is 0.514. The van der Waals surface area contributed by atoms with Crippen LogP contribution in [0.15, 0.2) is 24.3 Å². The number of nitrogens with one attached hydrogen (secondary N) is 1. The highest BCUT2D eigenvalue weighted by molar-refractivity contribution is 5.77. The van der Waals surface area contributed by atoms with Crippen molar-refractivity contribution in [3.63, 3.8) is 0 Å². The Morgan fingerprint density at radius 2 is 2.31 bits per heavy atom. The molecular formula is C9H11N3O. The topological polar surface area (TPSA) is 58.4 Å². The minimum Gasteiger partial charge on any atom is -0.372 e.